The van der Waals surface area contributed by atoms with E-state index in [9.17, 15) is 4.79 Å². The molecule has 0 aliphatic carbocycles. The molecule has 3 aromatic rings. The zero-order valence-electron chi connectivity index (χ0n) is 18.2. The number of alkyl carbamates (subject to hydrolysis) is 1. The molecule has 0 saturated carbocycles. The monoisotopic (exact) mass is 413 g/mol. The van der Waals surface area contributed by atoms with E-state index in [0.717, 1.165) is 41.6 Å². The highest BCUT2D eigenvalue weighted by Crippen LogP contribution is 2.29. The minimum atomic E-state index is -0.497. The van der Waals surface area contributed by atoms with Gasteiger partial charge in [-0.05, 0) is 46.6 Å². The molecule has 0 fully saturated rings. The van der Waals surface area contributed by atoms with Crippen LogP contribution in [0.1, 0.15) is 46.4 Å². The number of hydrogen-bond donors (Lipinski definition) is 2. The molecule has 2 aromatic heterocycles. The highest BCUT2D eigenvalue weighted by atomic mass is 16.6. The molecule has 0 unspecified atom stereocenters. The van der Waals surface area contributed by atoms with Gasteiger partial charge in [0, 0.05) is 25.1 Å². The second-order valence-electron chi connectivity index (χ2n) is 8.16. The molecule has 30 heavy (non-hydrogen) atoms. The summed E-state index contributed by atoms with van der Waals surface area (Å²) in [5.41, 5.74) is 8.24. The highest BCUT2D eigenvalue weighted by Gasteiger charge is 2.18. The number of aryl methyl sites for hydroxylation is 1. The predicted molar refractivity (Wildman–Crippen MR) is 118 cm³/mol. The van der Waals surface area contributed by atoms with Crippen molar-refractivity contribution in [3.63, 3.8) is 0 Å². The number of hydrogen-bond acceptors (Lipinski definition) is 6. The van der Waals surface area contributed by atoms with Gasteiger partial charge in [-0.2, -0.15) is 0 Å². The summed E-state index contributed by atoms with van der Waals surface area (Å²) in [5, 5.41) is 3.82. The zero-order valence-corrected chi connectivity index (χ0v) is 18.2. The van der Waals surface area contributed by atoms with Crippen LogP contribution in [0.2, 0.25) is 0 Å². The first-order valence-electron chi connectivity index (χ1n) is 10.4. The Hall–Kier alpha value is -2.87. The number of benzene rings is 1. The number of para-hydroxylation sites is 1. The number of fused-ring (bicyclic) bond motifs is 3. The Bertz CT molecular complexity index is 1020. The van der Waals surface area contributed by atoms with Crippen molar-refractivity contribution in [3.05, 3.63) is 30.1 Å². The highest BCUT2D eigenvalue weighted by molar-refractivity contribution is 6.06. The van der Waals surface area contributed by atoms with E-state index in [1.54, 1.807) is 0 Å². The second kappa shape index (κ2) is 9.30. The van der Waals surface area contributed by atoms with Gasteiger partial charge >= 0.3 is 6.09 Å². The SMILES string of the molecule is CCOCc1nc2c(N)nc3ccccc3c2n1CCCCNC(=O)OC(C)(C)C. The minimum Gasteiger partial charge on any atom is -0.444 e. The Kier molecular flexibility index (Phi) is 6.77. The first-order chi connectivity index (χ1) is 14.3. The van der Waals surface area contributed by atoms with Gasteiger partial charge in [-0.1, -0.05) is 18.2 Å². The summed E-state index contributed by atoms with van der Waals surface area (Å²) in [4.78, 5) is 21.0. The van der Waals surface area contributed by atoms with Crippen molar-refractivity contribution in [2.24, 2.45) is 0 Å². The average Bonchev–Trinajstić information content (AvgIpc) is 3.04. The summed E-state index contributed by atoms with van der Waals surface area (Å²) in [6.45, 7) is 9.81. The average molecular weight is 414 g/mol. The summed E-state index contributed by atoms with van der Waals surface area (Å²) < 4.78 is 13.1. The Labute approximate surface area is 176 Å². The van der Waals surface area contributed by atoms with Crippen LogP contribution >= 0.6 is 0 Å². The number of nitrogens with one attached hydrogen (secondary N) is 1. The molecule has 3 rings (SSSR count). The number of amides is 1. The molecule has 162 valence electrons. The molecule has 0 aliphatic heterocycles. The van der Waals surface area contributed by atoms with Crippen LogP contribution in [-0.4, -0.2) is 39.4 Å². The predicted octanol–water partition coefficient (Wildman–Crippen LogP) is 4.01. The number of nitrogen functional groups attached to an aromatic ring is 1. The zero-order chi connectivity index (χ0) is 21.7. The number of carbonyl (C=O) groups excluding carboxylic acids is 1. The van der Waals surface area contributed by atoms with Crippen LogP contribution in [0.5, 0.6) is 0 Å². The normalized spacial score (nSPS) is 11.9. The Balaban J connectivity index is 1.77. The molecule has 0 aliphatic rings. The van der Waals surface area contributed by atoms with E-state index in [1.165, 1.54) is 0 Å². The topological polar surface area (TPSA) is 104 Å². The molecule has 8 nitrogen and oxygen atoms in total. The summed E-state index contributed by atoms with van der Waals surface area (Å²) in [5.74, 6) is 1.25. The van der Waals surface area contributed by atoms with Crippen molar-refractivity contribution in [1.29, 1.82) is 0 Å². The molecule has 0 atom stereocenters. The Morgan fingerprint density at radius 1 is 1.20 bits per heavy atom. The van der Waals surface area contributed by atoms with E-state index in [1.807, 2.05) is 52.0 Å². The third kappa shape index (κ3) is 5.18. The molecule has 0 bridgehead atoms. The summed E-state index contributed by atoms with van der Waals surface area (Å²) in [6, 6.07) is 7.93. The third-order valence-electron chi connectivity index (χ3n) is 4.60. The number of anilines is 1. The number of ether oxygens (including phenoxy) is 2. The quantitative estimate of drug-likeness (QED) is 0.541. The van der Waals surface area contributed by atoms with Gasteiger partial charge in [0.15, 0.2) is 5.82 Å². The van der Waals surface area contributed by atoms with Crippen molar-refractivity contribution in [1.82, 2.24) is 19.9 Å². The Morgan fingerprint density at radius 3 is 2.70 bits per heavy atom. The van der Waals surface area contributed by atoms with Gasteiger partial charge in [0.2, 0.25) is 0 Å². The van der Waals surface area contributed by atoms with Crippen LogP contribution in [0.25, 0.3) is 21.9 Å². The second-order valence-corrected chi connectivity index (χ2v) is 8.16. The number of nitrogens with zero attached hydrogens (tertiary/aromatic N) is 3. The summed E-state index contributed by atoms with van der Waals surface area (Å²) >= 11 is 0. The van der Waals surface area contributed by atoms with Crippen molar-refractivity contribution in [3.8, 4) is 0 Å². The maximum atomic E-state index is 11.8. The van der Waals surface area contributed by atoms with Crippen molar-refractivity contribution in [2.75, 3.05) is 18.9 Å². The van der Waals surface area contributed by atoms with Crippen LogP contribution in [0.15, 0.2) is 24.3 Å². The fraction of sp³-hybridized carbons (Fsp3) is 0.500. The smallest absolute Gasteiger partial charge is 0.407 e. The standard InChI is InChI=1S/C22H31N5O3/c1-5-29-14-17-26-18-19(15-10-6-7-11-16(15)25-20(18)23)27(17)13-9-8-12-24-21(28)30-22(2,3)4/h6-7,10-11H,5,8-9,12-14H2,1-4H3,(H2,23,25)(H,24,28). The molecule has 1 aromatic carbocycles. The van der Waals surface area contributed by atoms with Crippen LogP contribution in [-0.2, 0) is 22.6 Å². The summed E-state index contributed by atoms with van der Waals surface area (Å²) in [6.07, 6.45) is 1.28. The Morgan fingerprint density at radius 2 is 1.97 bits per heavy atom. The maximum absolute atomic E-state index is 11.8. The lowest BCUT2D eigenvalue weighted by atomic mass is 10.2. The van der Waals surface area contributed by atoms with Crippen LogP contribution in [0.3, 0.4) is 0 Å². The molecule has 0 radical (unpaired) electrons. The lowest BCUT2D eigenvalue weighted by Crippen LogP contribution is -2.33. The van der Waals surface area contributed by atoms with Gasteiger partial charge in [0.05, 0.1) is 11.0 Å². The largest absolute Gasteiger partial charge is 0.444 e. The number of rotatable bonds is 8. The fourth-order valence-electron chi connectivity index (χ4n) is 3.35. The van der Waals surface area contributed by atoms with Gasteiger partial charge in [-0.25, -0.2) is 14.8 Å². The van der Waals surface area contributed by atoms with Gasteiger partial charge < -0.3 is 25.1 Å². The molecule has 0 saturated heterocycles. The van der Waals surface area contributed by atoms with Crippen molar-refractivity contribution < 1.29 is 14.3 Å². The van der Waals surface area contributed by atoms with E-state index >= 15 is 0 Å². The molecular formula is C22H31N5O3. The molecule has 8 heteroatoms. The number of carbonyl (C=O) groups is 1. The third-order valence-corrected chi connectivity index (χ3v) is 4.60. The van der Waals surface area contributed by atoms with Crippen LogP contribution in [0, 0.1) is 0 Å². The molecular weight excluding hydrogens is 382 g/mol. The van der Waals surface area contributed by atoms with Gasteiger partial charge in [-0.3, -0.25) is 0 Å². The minimum absolute atomic E-state index is 0.391. The van der Waals surface area contributed by atoms with E-state index < -0.39 is 11.7 Å². The van der Waals surface area contributed by atoms with Crippen molar-refractivity contribution in [2.45, 2.75) is 59.3 Å². The van der Waals surface area contributed by atoms with E-state index in [-0.39, 0.29) is 0 Å². The van der Waals surface area contributed by atoms with E-state index in [2.05, 4.69) is 14.9 Å². The lowest BCUT2D eigenvalue weighted by Gasteiger charge is -2.19. The number of aromatic nitrogens is 3. The van der Waals surface area contributed by atoms with Crippen LogP contribution in [0.4, 0.5) is 10.6 Å². The molecule has 3 N–H and O–H groups in total. The van der Waals surface area contributed by atoms with E-state index in [4.69, 9.17) is 20.2 Å². The molecule has 0 spiro atoms. The molecule has 1 amide bonds. The fourth-order valence-corrected chi connectivity index (χ4v) is 3.35. The number of nitrogens with two attached hydrogens (primary N) is 1. The maximum Gasteiger partial charge on any atom is 0.407 e. The lowest BCUT2D eigenvalue weighted by molar-refractivity contribution is 0.0527. The van der Waals surface area contributed by atoms with E-state index in [0.29, 0.717) is 31.1 Å². The van der Waals surface area contributed by atoms with Gasteiger partial charge in [0.1, 0.15) is 23.5 Å². The van der Waals surface area contributed by atoms with Gasteiger partial charge in [-0.15, -0.1) is 0 Å². The van der Waals surface area contributed by atoms with Crippen LogP contribution < -0.4 is 11.1 Å². The first kappa shape index (κ1) is 21.8. The molecule has 2 heterocycles. The number of unbranched alkanes of at least 4 members (excludes halogenated alkanes) is 1. The van der Waals surface area contributed by atoms with Crippen molar-refractivity contribution >= 4 is 33.8 Å². The number of pyridine rings is 1. The van der Waals surface area contributed by atoms with Gasteiger partial charge in [0.25, 0.3) is 0 Å². The summed E-state index contributed by atoms with van der Waals surface area (Å²) in [7, 11) is 0. The first-order valence-corrected chi connectivity index (χ1v) is 10.4. The number of imidazole rings is 1.